The van der Waals surface area contributed by atoms with E-state index in [-0.39, 0.29) is 5.91 Å². The predicted octanol–water partition coefficient (Wildman–Crippen LogP) is 4.22. The lowest BCUT2D eigenvalue weighted by Crippen LogP contribution is -2.52. The van der Waals surface area contributed by atoms with Crippen LogP contribution in [0.5, 0.6) is 0 Å². The van der Waals surface area contributed by atoms with Gasteiger partial charge in [0.2, 0.25) is 5.91 Å². The molecule has 0 aliphatic carbocycles. The molecule has 4 rings (SSSR count). The summed E-state index contributed by atoms with van der Waals surface area (Å²) in [6.45, 7) is 4.67. The van der Waals surface area contributed by atoms with E-state index in [1.54, 1.807) is 31.4 Å². The molecule has 0 saturated carbocycles. The van der Waals surface area contributed by atoms with Crippen molar-refractivity contribution in [3.63, 3.8) is 0 Å². The maximum atomic E-state index is 12.6. The van der Waals surface area contributed by atoms with Crippen LogP contribution < -0.4 is 5.73 Å². The summed E-state index contributed by atoms with van der Waals surface area (Å²) < 4.78 is 0.960. The molecule has 3 aromatic rings. The number of aromatic amines is 1. The maximum Gasteiger partial charge on any atom is 0.242 e. The molecular formula is C18H18Cl2N4OS. The van der Waals surface area contributed by atoms with Gasteiger partial charge < -0.3 is 10.6 Å². The SMILES string of the molecule is CC(C)(N)C(=O)N1CCc2c(sc3c(Cl)c(Cl)cc(-c4cn[nH]c4)c23)C1. The molecule has 3 heterocycles. The van der Waals surface area contributed by atoms with Crippen LogP contribution in [0.15, 0.2) is 18.5 Å². The summed E-state index contributed by atoms with van der Waals surface area (Å²) in [6, 6.07) is 1.89. The molecule has 2 aromatic heterocycles. The number of H-pyrrole nitrogens is 1. The molecule has 136 valence electrons. The van der Waals surface area contributed by atoms with E-state index in [1.807, 2.05) is 17.2 Å². The highest BCUT2D eigenvalue weighted by molar-refractivity contribution is 7.20. The first-order valence-corrected chi connectivity index (χ1v) is 9.84. The van der Waals surface area contributed by atoms with Gasteiger partial charge in [-0.05, 0) is 37.5 Å². The Bertz CT molecular complexity index is 1000. The van der Waals surface area contributed by atoms with Crippen LogP contribution in [0.3, 0.4) is 0 Å². The number of aromatic nitrogens is 2. The van der Waals surface area contributed by atoms with E-state index in [4.69, 9.17) is 28.9 Å². The largest absolute Gasteiger partial charge is 0.336 e. The third kappa shape index (κ3) is 2.81. The van der Waals surface area contributed by atoms with E-state index in [0.29, 0.717) is 23.1 Å². The van der Waals surface area contributed by atoms with E-state index in [1.165, 1.54) is 5.56 Å². The van der Waals surface area contributed by atoms with Crippen LogP contribution in [-0.2, 0) is 17.8 Å². The van der Waals surface area contributed by atoms with Gasteiger partial charge in [-0.3, -0.25) is 9.89 Å². The number of hydrogen-bond acceptors (Lipinski definition) is 4. The molecule has 1 amide bonds. The van der Waals surface area contributed by atoms with E-state index in [9.17, 15) is 4.79 Å². The average Bonchev–Trinajstić information content (AvgIpc) is 3.24. The lowest BCUT2D eigenvalue weighted by molar-refractivity contribution is -0.136. The number of amides is 1. The second-order valence-corrected chi connectivity index (χ2v) is 9.00. The number of nitrogens with two attached hydrogens (primary N) is 1. The fourth-order valence-corrected chi connectivity index (χ4v) is 5.27. The number of fused-ring (bicyclic) bond motifs is 3. The number of halogens is 2. The van der Waals surface area contributed by atoms with Crippen molar-refractivity contribution in [2.45, 2.75) is 32.4 Å². The molecule has 26 heavy (non-hydrogen) atoms. The zero-order valence-corrected chi connectivity index (χ0v) is 16.7. The number of nitrogens with one attached hydrogen (secondary N) is 1. The van der Waals surface area contributed by atoms with Gasteiger partial charge in [0.25, 0.3) is 0 Å². The van der Waals surface area contributed by atoms with Gasteiger partial charge in [-0.2, -0.15) is 5.10 Å². The molecule has 0 saturated heterocycles. The Morgan fingerprint density at radius 2 is 2.19 bits per heavy atom. The van der Waals surface area contributed by atoms with Crippen LogP contribution in [0.1, 0.15) is 24.3 Å². The molecule has 5 nitrogen and oxygen atoms in total. The maximum absolute atomic E-state index is 12.6. The number of nitrogens with zero attached hydrogens (tertiary/aromatic N) is 2. The highest BCUT2D eigenvalue weighted by Crippen LogP contribution is 2.46. The van der Waals surface area contributed by atoms with E-state index in [0.717, 1.165) is 32.5 Å². The van der Waals surface area contributed by atoms with Gasteiger partial charge in [0.05, 0.1) is 33.0 Å². The van der Waals surface area contributed by atoms with Gasteiger partial charge in [-0.25, -0.2) is 0 Å². The first kappa shape index (κ1) is 17.8. The normalized spacial score (nSPS) is 14.7. The van der Waals surface area contributed by atoms with Gasteiger partial charge in [0.1, 0.15) is 0 Å². The smallest absolute Gasteiger partial charge is 0.242 e. The van der Waals surface area contributed by atoms with Gasteiger partial charge in [0, 0.05) is 28.6 Å². The lowest BCUT2D eigenvalue weighted by atomic mass is 9.96. The highest BCUT2D eigenvalue weighted by atomic mass is 35.5. The van der Waals surface area contributed by atoms with Crippen molar-refractivity contribution in [3.8, 4) is 11.1 Å². The van der Waals surface area contributed by atoms with E-state index in [2.05, 4.69) is 10.2 Å². The molecular weight excluding hydrogens is 391 g/mol. The topological polar surface area (TPSA) is 75.0 Å². The summed E-state index contributed by atoms with van der Waals surface area (Å²) in [5.74, 6) is -0.0419. The van der Waals surface area contributed by atoms with Crippen molar-refractivity contribution in [2.75, 3.05) is 6.54 Å². The van der Waals surface area contributed by atoms with Crippen molar-refractivity contribution >= 4 is 50.5 Å². The first-order valence-electron chi connectivity index (χ1n) is 8.27. The van der Waals surface area contributed by atoms with Crippen molar-refractivity contribution in [3.05, 3.63) is 38.9 Å². The summed E-state index contributed by atoms with van der Waals surface area (Å²) in [6.07, 6.45) is 4.39. The Kier molecular flexibility index (Phi) is 4.27. The Morgan fingerprint density at radius 3 is 2.85 bits per heavy atom. The first-order chi connectivity index (χ1) is 12.3. The minimum absolute atomic E-state index is 0.0419. The molecule has 3 N–H and O–H groups in total. The van der Waals surface area contributed by atoms with Crippen molar-refractivity contribution in [1.29, 1.82) is 0 Å². The van der Waals surface area contributed by atoms with Gasteiger partial charge in [0.15, 0.2) is 0 Å². The quantitative estimate of drug-likeness (QED) is 0.666. The molecule has 1 aromatic carbocycles. The minimum Gasteiger partial charge on any atom is -0.336 e. The molecule has 0 spiro atoms. The molecule has 1 aliphatic heterocycles. The number of hydrogen-bond donors (Lipinski definition) is 2. The van der Waals surface area contributed by atoms with Crippen molar-refractivity contribution < 1.29 is 4.79 Å². The van der Waals surface area contributed by atoms with Gasteiger partial charge in [-0.1, -0.05) is 23.2 Å². The third-order valence-corrected chi connectivity index (χ3v) is 6.79. The highest BCUT2D eigenvalue weighted by Gasteiger charge is 2.32. The van der Waals surface area contributed by atoms with Crippen LogP contribution in [0.25, 0.3) is 21.2 Å². The summed E-state index contributed by atoms with van der Waals surface area (Å²) >= 11 is 14.5. The van der Waals surface area contributed by atoms with Crippen molar-refractivity contribution in [1.82, 2.24) is 15.1 Å². The van der Waals surface area contributed by atoms with Gasteiger partial charge >= 0.3 is 0 Å². The number of benzene rings is 1. The molecule has 0 atom stereocenters. The van der Waals surface area contributed by atoms with Crippen LogP contribution in [0, 0.1) is 0 Å². The van der Waals surface area contributed by atoms with E-state index >= 15 is 0 Å². The molecule has 0 unspecified atom stereocenters. The zero-order valence-electron chi connectivity index (χ0n) is 14.4. The van der Waals surface area contributed by atoms with Gasteiger partial charge in [-0.15, -0.1) is 11.3 Å². The summed E-state index contributed by atoms with van der Waals surface area (Å²) in [5.41, 5.74) is 8.34. The fourth-order valence-electron chi connectivity index (χ4n) is 3.42. The Labute approximate surface area is 165 Å². The molecule has 1 aliphatic rings. The standard InChI is InChI=1S/C18H18Cl2N4OS/c1-18(2,21)17(25)24-4-3-10-13(8-24)26-16-14(10)11(5-12(19)15(16)20)9-6-22-23-7-9/h5-7H,3-4,8,21H2,1-2H3,(H,22,23). The fraction of sp³-hybridized carbons (Fsp3) is 0.333. The Balaban J connectivity index is 1.87. The second kappa shape index (κ2) is 6.23. The lowest BCUT2D eigenvalue weighted by Gasteiger charge is -2.32. The monoisotopic (exact) mass is 408 g/mol. The zero-order chi connectivity index (χ0) is 18.6. The Hall–Kier alpha value is -1.60. The van der Waals surface area contributed by atoms with Crippen LogP contribution in [0.4, 0.5) is 0 Å². The number of rotatable bonds is 2. The van der Waals surface area contributed by atoms with Crippen LogP contribution in [-0.4, -0.2) is 33.1 Å². The minimum atomic E-state index is -0.878. The van der Waals surface area contributed by atoms with Crippen molar-refractivity contribution in [2.24, 2.45) is 5.73 Å². The molecule has 0 fully saturated rings. The number of carbonyl (C=O) groups is 1. The van der Waals surface area contributed by atoms with E-state index < -0.39 is 5.54 Å². The second-order valence-electron chi connectivity index (χ2n) is 7.11. The van der Waals surface area contributed by atoms with Crippen LogP contribution in [0.2, 0.25) is 10.0 Å². The molecule has 8 heteroatoms. The number of thiophene rings is 1. The average molecular weight is 409 g/mol. The van der Waals surface area contributed by atoms with Crippen LogP contribution >= 0.6 is 34.5 Å². The summed E-state index contributed by atoms with van der Waals surface area (Å²) in [5, 5.41) is 9.09. The molecule has 0 radical (unpaired) electrons. The Morgan fingerprint density at radius 1 is 1.42 bits per heavy atom. The molecule has 0 bridgehead atoms. The number of carbonyl (C=O) groups excluding carboxylic acids is 1. The third-order valence-electron chi connectivity index (χ3n) is 4.65. The summed E-state index contributed by atoms with van der Waals surface area (Å²) in [7, 11) is 0. The predicted molar refractivity (Wildman–Crippen MR) is 107 cm³/mol. The summed E-state index contributed by atoms with van der Waals surface area (Å²) in [4.78, 5) is 15.5.